The largest absolute Gasteiger partial charge is 0.508 e. The van der Waals surface area contributed by atoms with Gasteiger partial charge in [0.2, 0.25) is 0 Å². The molecule has 0 aliphatic carbocycles. The van der Waals surface area contributed by atoms with E-state index in [1.54, 1.807) is 36.0 Å². The first-order chi connectivity index (χ1) is 8.56. The number of benzene rings is 1. The van der Waals surface area contributed by atoms with Crippen LogP contribution in [-0.2, 0) is 5.75 Å². The number of phenolic OH excluding ortho intramolecular Hbond substituents is 1. The van der Waals surface area contributed by atoms with E-state index >= 15 is 0 Å². The number of aromatic hydroxyl groups is 1. The van der Waals surface area contributed by atoms with E-state index in [2.05, 4.69) is 0 Å². The molecule has 0 saturated carbocycles. The average Bonchev–Trinajstić information content (AvgIpc) is 2.68. The summed E-state index contributed by atoms with van der Waals surface area (Å²) in [6.07, 6.45) is 0. The van der Waals surface area contributed by atoms with Crippen molar-refractivity contribution in [2.24, 2.45) is 0 Å². The first kappa shape index (κ1) is 13.0. The molecule has 1 heterocycles. The Hall–Kier alpha value is -1.46. The van der Waals surface area contributed by atoms with Gasteiger partial charge in [0.15, 0.2) is 0 Å². The Bertz CT molecular complexity index is 575. The minimum absolute atomic E-state index is 0.244. The van der Waals surface area contributed by atoms with Crippen LogP contribution in [0.4, 0.5) is 0 Å². The molecular formula is C13H12O3S2. The normalized spacial score (nSPS) is 10.5. The Kier molecular flexibility index (Phi) is 3.93. The van der Waals surface area contributed by atoms with Crippen molar-refractivity contribution in [3.8, 4) is 5.75 Å². The fourth-order valence-electron chi connectivity index (χ4n) is 1.50. The van der Waals surface area contributed by atoms with Gasteiger partial charge in [-0.05, 0) is 36.8 Å². The Morgan fingerprint density at radius 3 is 2.78 bits per heavy atom. The summed E-state index contributed by atoms with van der Waals surface area (Å²) >= 11 is 2.88. The number of thiophene rings is 1. The summed E-state index contributed by atoms with van der Waals surface area (Å²) in [7, 11) is 0. The molecule has 0 fully saturated rings. The van der Waals surface area contributed by atoms with Gasteiger partial charge in [-0.2, -0.15) is 0 Å². The van der Waals surface area contributed by atoms with E-state index in [9.17, 15) is 9.90 Å². The number of phenols is 1. The molecule has 0 atom stereocenters. The molecule has 5 heteroatoms. The van der Waals surface area contributed by atoms with E-state index in [4.69, 9.17) is 5.11 Å². The van der Waals surface area contributed by atoms with Crippen molar-refractivity contribution in [1.82, 2.24) is 0 Å². The van der Waals surface area contributed by atoms with Gasteiger partial charge in [-0.25, -0.2) is 4.79 Å². The zero-order chi connectivity index (χ0) is 13.1. The van der Waals surface area contributed by atoms with Crippen LogP contribution in [0.15, 0.2) is 35.2 Å². The molecule has 94 valence electrons. The third-order valence-corrected chi connectivity index (χ3v) is 4.57. The average molecular weight is 280 g/mol. The fourth-order valence-corrected chi connectivity index (χ4v) is 3.48. The SMILES string of the molecule is Cc1sc(C(=O)O)cc1CSc1cccc(O)c1. The minimum Gasteiger partial charge on any atom is -0.508 e. The molecule has 0 amide bonds. The molecule has 0 spiro atoms. The molecule has 0 aliphatic heterocycles. The highest BCUT2D eigenvalue weighted by atomic mass is 32.2. The quantitative estimate of drug-likeness (QED) is 0.837. The van der Waals surface area contributed by atoms with E-state index in [0.717, 1.165) is 15.3 Å². The third-order valence-electron chi connectivity index (χ3n) is 2.44. The number of carboxylic acid groups (broad SMARTS) is 1. The standard InChI is InChI=1S/C13H12O3S2/c1-8-9(5-12(18-8)13(15)16)7-17-11-4-2-3-10(14)6-11/h2-6,14H,7H2,1H3,(H,15,16). The number of aromatic carboxylic acids is 1. The van der Waals surface area contributed by atoms with E-state index in [1.165, 1.54) is 11.3 Å². The fraction of sp³-hybridized carbons (Fsp3) is 0.154. The van der Waals surface area contributed by atoms with Gasteiger partial charge in [-0.1, -0.05) is 6.07 Å². The van der Waals surface area contributed by atoms with E-state index in [1.807, 2.05) is 13.0 Å². The Morgan fingerprint density at radius 1 is 1.39 bits per heavy atom. The predicted octanol–water partition coefficient (Wildman–Crippen LogP) is 3.75. The van der Waals surface area contributed by atoms with Crippen LogP contribution in [0.3, 0.4) is 0 Å². The molecule has 1 aromatic carbocycles. The van der Waals surface area contributed by atoms with Gasteiger partial charge in [-0.15, -0.1) is 23.1 Å². The molecule has 2 rings (SSSR count). The van der Waals surface area contributed by atoms with Gasteiger partial charge >= 0.3 is 5.97 Å². The van der Waals surface area contributed by atoms with Crippen molar-refractivity contribution in [2.45, 2.75) is 17.6 Å². The first-order valence-electron chi connectivity index (χ1n) is 5.30. The molecule has 2 aromatic rings. The lowest BCUT2D eigenvalue weighted by atomic mass is 10.3. The summed E-state index contributed by atoms with van der Waals surface area (Å²) in [5, 5.41) is 18.3. The summed E-state index contributed by atoms with van der Waals surface area (Å²) in [5.74, 6) is 0.0731. The molecule has 0 radical (unpaired) electrons. The van der Waals surface area contributed by atoms with Crippen molar-refractivity contribution in [1.29, 1.82) is 0 Å². The maximum atomic E-state index is 10.9. The second kappa shape index (κ2) is 5.46. The monoisotopic (exact) mass is 280 g/mol. The van der Waals surface area contributed by atoms with Crippen molar-refractivity contribution >= 4 is 29.1 Å². The smallest absolute Gasteiger partial charge is 0.345 e. The molecule has 3 nitrogen and oxygen atoms in total. The van der Waals surface area contributed by atoms with Crippen molar-refractivity contribution in [2.75, 3.05) is 0 Å². The zero-order valence-electron chi connectivity index (χ0n) is 9.71. The number of aryl methyl sites for hydroxylation is 1. The second-order valence-electron chi connectivity index (χ2n) is 3.78. The van der Waals surface area contributed by atoms with Crippen LogP contribution < -0.4 is 0 Å². The Labute approximate surface area is 113 Å². The predicted molar refractivity (Wildman–Crippen MR) is 73.7 cm³/mol. The first-order valence-corrected chi connectivity index (χ1v) is 7.11. The lowest BCUT2D eigenvalue weighted by molar-refractivity contribution is 0.0702. The molecule has 2 N–H and O–H groups in total. The Morgan fingerprint density at radius 2 is 2.17 bits per heavy atom. The maximum Gasteiger partial charge on any atom is 0.345 e. The van der Waals surface area contributed by atoms with Gasteiger partial charge in [-0.3, -0.25) is 0 Å². The molecular weight excluding hydrogens is 268 g/mol. The molecule has 0 aliphatic rings. The van der Waals surface area contributed by atoms with Gasteiger partial charge in [0, 0.05) is 15.5 Å². The molecule has 0 bridgehead atoms. The topological polar surface area (TPSA) is 57.5 Å². The van der Waals surface area contributed by atoms with Crippen LogP contribution in [0, 0.1) is 6.92 Å². The van der Waals surface area contributed by atoms with Gasteiger partial charge in [0.25, 0.3) is 0 Å². The van der Waals surface area contributed by atoms with Gasteiger partial charge in [0.05, 0.1) is 0 Å². The lowest BCUT2D eigenvalue weighted by Gasteiger charge is -2.01. The molecule has 0 saturated heterocycles. The second-order valence-corrected chi connectivity index (χ2v) is 6.09. The van der Waals surface area contributed by atoms with Crippen LogP contribution in [-0.4, -0.2) is 16.2 Å². The molecule has 1 aromatic heterocycles. The van der Waals surface area contributed by atoms with Crippen LogP contribution in [0.2, 0.25) is 0 Å². The van der Waals surface area contributed by atoms with E-state index < -0.39 is 5.97 Å². The molecule has 18 heavy (non-hydrogen) atoms. The number of hydrogen-bond donors (Lipinski definition) is 2. The number of thioether (sulfide) groups is 1. The Balaban J connectivity index is 2.08. The van der Waals surface area contributed by atoms with Crippen LogP contribution in [0.25, 0.3) is 0 Å². The van der Waals surface area contributed by atoms with Crippen LogP contribution in [0.1, 0.15) is 20.1 Å². The number of hydrogen-bond acceptors (Lipinski definition) is 4. The number of carboxylic acids is 1. The summed E-state index contributed by atoms with van der Waals surface area (Å²) in [6, 6.07) is 8.76. The third kappa shape index (κ3) is 3.05. The van der Waals surface area contributed by atoms with Crippen LogP contribution in [0.5, 0.6) is 5.75 Å². The molecule has 0 unspecified atom stereocenters. The highest BCUT2D eigenvalue weighted by Crippen LogP contribution is 2.30. The summed E-state index contributed by atoms with van der Waals surface area (Å²) in [4.78, 5) is 13.2. The highest BCUT2D eigenvalue weighted by molar-refractivity contribution is 7.98. The van der Waals surface area contributed by atoms with E-state index in [0.29, 0.717) is 10.6 Å². The minimum atomic E-state index is -0.878. The van der Waals surface area contributed by atoms with Crippen LogP contribution >= 0.6 is 23.1 Å². The van der Waals surface area contributed by atoms with Gasteiger partial charge in [0.1, 0.15) is 10.6 Å². The summed E-state index contributed by atoms with van der Waals surface area (Å²) in [5.41, 5.74) is 1.03. The van der Waals surface area contributed by atoms with Crippen molar-refractivity contribution < 1.29 is 15.0 Å². The highest BCUT2D eigenvalue weighted by Gasteiger charge is 2.11. The zero-order valence-corrected chi connectivity index (χ0v) is 11.3. The van der Waals surface area contributed by atoms with E-state index in [-0.39, 0.29) is 5.75 Å². The summed E-state index contributed by atoms with van der Waals surface area (Å²) < 4.78 is 0. The lowest BCUT2D eigenvalue weighted by Crippen LogP contribution is -1.90. The van der Waals surface area contributed by atoms with Crippen molar-refractivity contribution in [3.05, 3.63) is 45.6 Å². The number of rotatable bonds is 4. The maximum absolute atomic E-state index is 10.9. The van der Waals surface area contributed by atoms with Gasteiger partial charge < -0.3 is 10.2 Å². The van der Waals surface area contributed by atoms with Crippen molar-refractivity contribution in [3.63, 3.8) is 0 Å². The number of carbonyl (C=O) groups is 1. The summed E-state index contributed by atoms with van der Waals surface area (Å²) in [6.45, 7) is 1.93.